The first kappa shape index (κ1) is 16.0. The topological polar surface area (TPSA) is 71.8 Å². The van der Waals surface area contributed by atoms with E-state index in [1.165, 1.54) is 19.1 Å². The molecule has 2 N–H and O–H groups in total. The summed E-state index contributed by atoms with van der Waals surface area (Å²) in [4.78, 5) is 15.7. The Morgan fingerprint density at radius 2 is 1.88 bits per heavy atom. The maximum absolute atomic E-state index is 13.3. The van der Waals surface area contributed by atoms with Crippen LogP contribution in [0.3, 0.4) is 0 Å². The van der Waals surface area contributed by atoms with Crippen molar-refractivity contribution in [2.75, 3.05) is 10.6 Å². The molecule has 1 aliphatic heterocycles. The molecule has 7 heteroatoms. The molecule has 3 aromatic rings. The number of nitrogens with one attached hydrogen (secondary N) is 2. The molecule has 0 bridgehead atoms. The van der Waals surface area contributed by atoms with Crippen LogP contribution in [0.15, 0.2) is 60.7 Å². The molecule has 4 rings (SSSR count). The van der Waals surface area contributed by atoms with Crippen molar-refractivity contribution in [3.63, 3.8) is 0 Å². The van der Waals surface area contributed by atoms with E-state index in [-0.39, 0.29) is 23.7 Å². The van der Waals surface area contributed by atoms with Gasteiger partial charge in [-0.1, -0.05) is 42.5 Å². The summed E-state index contributed by atoms with van der Waals surface area (Å²) in [5.74, 6) is 0.175. The van der Waals surface area contributed by atoms with E-state index in [1.807, 2.05) is 36.4 Å². The van der Waals surface area contributed by atoms with Crippen LogP contribution in [0.25, 0.3) is 5.70 Å². The first-order chi connectivity index (χ1) is 12.6. The van der Waals surface area contributed by atoms with Crippen molar-refractivity contribution in [2.24, 2.45) is 0 Å². The van der Waals surface area contributed by atoms with Gasteiger partial charge < -0.3 is 5.32 Å². The Bertz CT molecular complexity index is 979. The number of nitrogens with zero attached hydrogens (tertiary/aromatic N) is 3. The van der Waals surface area contributed by atoms with Gasteiger partial charge in [0.25, 0.3) is 5.95 Å². The lowest BCUT2D eigenvalue weighted by molar-refractivity contribution is -0.114. The van der Waals surface area contributed by atoms with Crippen molar-refractivity contribution in [3.8, 4) is 0 Å². The number of halogens is 1. The van der Waals surface area contributed by atoms with Crippen LogP contribution in [-0.4, -0.2) is 20.7 Å². The Kier molecular flexibility index (Phi) is 3.96. The van der Waals surface area contributed by atoms with Crippen LogP contribution < -0.4 is 10.6 Å². The molecule has 1 aromatic heterocycles. The lowest BCUT2D eigenvalue weighted by Gasteiger charge is -2.24. The van der Waals surface area contributed by atoms with Crippen LogP contribution >= 0.6 is 0 Å². The number of fused-ring (bicyclic) bond motifs is 1. The second-order valence-corrected chi connectivity index (χ2v) is 5.95. The van der Waals surface area contributed by atoms with Gasteiger partial charge >= 0.3 is 0 Å². The summed E-state index contributed by atoms with van der Waals surface area (Å²) in [6.45, 7) is 1.40. The molecule has 1 amide bonds. The van der Waals surface area contributed by atoms with Gasteiger partial charge in [-0.25, -0.2) is 9.07 Å². The van der Waals surface area contributed by atoms with Gasteiger partial charge in [0.05, 0.1) is 0 Å². The van der Waals surface area contributed by atoms with Crippen molar-refractivity contribution in [1.82, 2.24) is 14.8 Å². The molecule has 1 atom stereocenters. The third-order valence-corrected chi connectivity index (χ3v) is 4.05. The molecule has 0 unspecified atom stereocenters. The SMILES string of the molecule is CC(=O)Nc1nc2n(n1)[C@H](c1ccc(F)cc1)C=C(c1ccccc1)N2. The Morgan fingerprint density at radius 1 is 1.15 bits per heavy atom. The fourth-order valence-corrected chi connectivity index (χ4v) is 2.89. The molecular weight excluding hydrogens is 333 g/mol. The van der Waals surface area contributed by atoms with Crippen molar-refractivity contribution in [1.29, 1.82) is 0 Å². The Morgan fingerprint density at radius 3 is 2.58 bits per heavy atom. The Hall–Kier alpha value is -3.48. The summed E-state index contributed by atoms with van der Waals surface area (Å²) in [6, 6.07) is 15.8. The molecule has 0 fully saturated rings. The molecule has 0 saturated carbocycles. The van der Waals surface area contributed by atoms with E-state index in [9.17, 15) is 9.18 Å². The van der Waals surface area contributed by atoms with E-state index in [4.69, 9.17) is 0 Å². The van der Waals surface area contributed by atoms with Gasteiger partial charge in [-0.05, 0) is 29.3 Å². The molecular formula is C19H16FN5O. The van der Waals surface area contributed by atoms with Gasteiger partial charge in [-0.15, -0.1) is 5.10 Å². The molecule has 130 valence electrons. The smallest absolute Gasteiger partial charge is 0.250 e. The van der Waals surface area contributed by atoms with E-state index in [0.29, 0.717) is 5.95 Å². The van der Waals surface area contributed by atoms with E-state index < -0.39 is 0 Å². The van der Waals surface area contributed by atoms with Gasteiger partial charge in [0.1, 0.15) is 11.9 Å². The van der Waals surface area contributed by atoms with Gasteiger partial charge in [0.15, 0.2) is 0 Å². The molecule has 6 nitrogen and oxygen atoms in total. The predicted molar refractivity (Wildman–Crippen MR) is 96.9 cm³/mol. The standard InChI is InChI=1S/C19H16FN5O/c1-12(26)21-18-23-19-22-16(13-5-3-2-4-6-13)11-17(25(19)24-18)14-7-9-15(20)10-8-14/h2-11,17H,1H3,(H2,21,22,23,24,26)/t17-/m0/s1. The summed E-state index contributed by atoms with van der Waals surface area (Å²) < 4.78 is 15.0. The number of allylic oxidation sites excluding steroid dienone is 1. The maximum atomic E-state index is 13.3. The highest BCUT2D eigenvalue weighted by molar-refractivity contribution is 5.87. The van der Waals surface area contributed by atoms with Crippen LogP contribution in [0.5, 0.6) is 0 Å². The number of carbonyl (C=O) groups is 1. The third kappa shape index (κ3) is 3.06. The maximum Gasteiger partial charge on any atom is 0.250 e. The van der Waals surface area contributed by atoms with Gasteiger partial charge in [-0.3, -0.25) is 10.1 Å². The number of benzene rings is 2. The number of rotatable bonds is 3. The Labute approximate surface area is 149 Å². The molecule has 26 heavy (non-hydrogen) atoms. The lowest BCUT2D eigenvalue weighted by atomic mass is 10.0. The molecule has 0 aliphatic carbocycles. The summed E-state index contributed by atoms with van der Waals surface area (Å²) in [6.07, 6.45) is 2.00. The van der Waals surface area contributed by atoms with E-state index in [0.717, 1.165) is 16.8 Å². The normalized spacial score (nSPS) is 15.6. The van der Waals surface area contributed by atoms with Crippen molar-refractivity contribution in [3.05, 3.63) is 77.6 Å². The summed E-state index contributed by atoms with van der Waals surface area (Å²) in [5, 5.41) is 10.2. The van der Waals surface area contributed by atoms with Gasteiger partial charge in [0.2, 0.25) is 11.9 Å². The number of carbonyl (C=O) groups excluding carboxylic acids is 1. The van der Waals surface area contributed by atoms with Crippen LogP contribution in [0, 0.1) is 5.82 Å². The zero-order valence-corrected chi connectivity index (χ0v) is 14.0. The van der Waals surface area contributed by atoms with E-state index in [1.54, 1.807) is 16.8 Å². The average Bonchev–Trinajstić information content (AvgIpc) is 3.04. The van der Waals surface area contributed by atoms with Crippen LogP contribution in [0.4, 0.5) is 16.3 Å². The van der Waals surface area contributed by atoms with Crippen molar-refractivity contribution >= 4 is 23.5 Å². The second kappa shape index (κ2) is 6.44. The second-order valence-electron chi connectivity index (χ2n) is 5.95. The summed E-state index contributed by atoms with van der Waals surface area (Å²) in [7, 11) is 0. The van der Waals surface area contributed by atoms with Crippen molar-refractivity contribution in [2.45, 2.75) is 13.0 Å². The molecule has 2 heterocycles. The van der Waals surface area contributed by atoms with Gasteiger partial charge in [-0.2, -0.15) is 4.98 Å². The monoisotopic (exact) mass is 349 g/mol. The highest BCUT2D eigenvalue weighted by Gasteiger charge is 2.25. The zero-order valence-electron chi connectivity index (χ0n) is 14.0. The minimum absolute atomic E-state index is 0.217. The van der Waals surface area contributed by atoms with Gasteiger partial charge in [0, 0.05) is 12.6 Å². The summed E-state index contributed by atoms with van der Waals surface area (Å²) in [5.41, 5.74) is 2.73. The molecule has 0 radical (unpaired) electrons. The van der Waals surface area contributed by atoms with E-state index >= 15 is 0 Å². The first-order valence-corrected chi connectivity index (χ1v) is 8.14. The van der Waals surface area contributed by atoms with Crippen LogP contribution in [0.2, 0.25) is 0 Å². The number of hydrogen-bond donors (Lipinski definition) is 2. The fourth-order valence-electron chi connectivity index (χ4n) is 2.89. The van der Waals surface area contributed by atoms with Crippen molar-refractivity contribution < 1.29 is 9.18 Å². The molecule has 0 saturated heterocycles. The minimum Gasteiger partial charge on any atom is -0.324 e. The third-order valence-electron chi connectivity index (χ3n) is 4.05. The molecule has 1 aliphatic rings. The molecule has 0 spiro atoms. The van der Waals surface area contributed by atoms with E-state index in [2.05, 4.69) is 20.7 Å². The minimum atomic E-state index is -0.298. The highest BCUT2D eigenvalue weighted by atomic mass is 19.1. The predicted octanol–water partition coefficient (Wildman–Crippen LogP) is 3.43. The van der Waals surface area contributed by atoms with Crippen LogP contribution in [0.1, 0.15) is 24.1 Å². The number of aromatic nitrogens is 3. The van der Waals surface area contributed by atoms with Crippen LogP contribution in [-0.2, 0) is 4.79 Å². The number of anilines is 2. The fraction of sp³-hybridized carbons (Fsp3) is 0.105. The Balaban J connectivity index is 1.80. The zero-order chi connectivity index (χ0) is 18.1. The largest absolute Gasteiger partial charge is 0.324 e. The lowest BCUT2D eigenvalue weighted by Crippen LogP contribution is -2.20. The average molecular weight is 349 g/mol. The first-order valence-electron chi connectivity index (χ1n) is 8.14. The number of amides is 1. The quantitative estimate of drug-likeness (QED) is 0.760. The highest BCUT2D eigenvalue weighted by Crippen LogP contribution is 2.33. The summed E-state index contributed by atoms with van der Waals surface area (Å²) >= 11 is 0. The molecule has 2 aromatic carbocycles. The number of hydrogen-bond acceptors (Lipinski definition) is 4.